The van der Waals surface area contributed by atoms with E-state index in [1.54, 1.807) is 11.3 Å². The number of halogens is 1. The molecule has 0 unspecified atom stereocenters. The summed E-state index contributed by atoms with van der Waals surface area (Å²) in [6.07, 6.45) is 2.13. The number of anilines is 1. The van der Waals surface area contributed by atoms with E-state index in [2.05, 4.69) is 4.98 Å². The topological polar surface area (TPSA) is 46.3 Å². The SMILES string of the molecule is Cc1cc(Cl)cc2c1N(C(=O)Cc1nc(-c3cccs3)oc1C)CCC2. The second-order valence-corrected chi connectivity index (χ2v) is 7.94. The molecule has 6 heteroatoms. The van der Waals surface area contributed by atoms with E-state index in [1.165, 1.54) is 0 Å². The monoisotopic (exact) mass is 386 g/mol. The highest BCUT2D eigenvalue weighted by atomic mass is 35.5. The van der Waals surface area contributed by atoms with Gasteiger partial charge in [0.05, 0.1) is 17.0 Å². The van der Waals surface area contributed by atoms with Gasteiger partial charge in [0.25, 0.3) is 0 Å². The van der Waals surface area contributed by atoms with Crippen molar-refractivity contribution < 1.29 is 9.21 Å². The molecule has 4 nitrogen and oxygen atoms in total. The number of benzene rings is 1. The minimum Gasteiger partial charge on any atom is -0.440 e. The summed E-state index contributed by atoms with van der Waals surface area (Å²) in [5, 5.41) is 2.71. The molecule has 0 fully saturated rings. The van der Waals surface area contributed by atoms with Gasteiger partial charge in [0.1, 0.15) is 5.76 Å². The van der Waals surface area contributed by atoms with E-state index in [0.29, 0.717) is 17.3 Å². The third-order valence-electron chi connectivity index (χ3n) is 4.69. The van der Waals surface area contributed by atoms with Crippen LogP contribution in [0.4, 0.5) is 5.69 Å². The quantitative estimate of drug-likeness (QED) is 0.621. The molecule has 0 saturated carbocycles. The average Bonchev–Trinajstić information content (AvgIpc) is 3.24. The normalized spacial score (nSPS) is 13.7. The van der Waals surface area contributed by atoms with Crippen LogP contribution in [-0.4, -0.2) is 17.4 Å². The van der Waals surface area contributed by atoms with Gasteiger partial charge in [-0.05, 0) is 61.4 Å². The summed E-state index contributed by atoms with van der Waals surface area (Å²) >= 11 is 7.76. The number of carbonyl (C=O) groups excluding carboxylic acids is 1. The molecule has 0 spiro atoms. The van der Waals surface area contributed by atoms with Crippen LogP contribution < -0.4 is 4.90 Å². The molecule has 0 N–H and O–H groups in total. The van der Waals surface area contributed by atoms with E-state index in [1.807, 2.05) is 48.4 Å². The van der Waals surface area contributed by atoms with Gasteiger partial charge >= 0.3 is 0 Å². The second kappa shape index (κ2) is 6.89. The molecule has 1 aromatic carbocycles. The fourth-order valence-corrected chi connectivity index (χ4v) is 4.45. The predicted octanol–water partition coefficient (Wildman–Crippen LogP) is 5.20. The maximum atomic E-state index is 13.0. The minimum atomic E-state index is 0.0468. The minimum absolute atomic E-state index is 0.0468. The summed E-state index contributed by atoms with van der Waals surface area (Å²) in [5.41, 5.74) is 3.89. The molecule has 0 atom stereocenters. The van der Waals surface area contributed by atoms with Crippen LogP contribution in [0.5, 0.6) is 0 Å². The highest BCUT2D eigenvalue weighted by Gasteiger charge is 2.26. The third-order valence-corrected chi connectivity index (χ3v) is 5.76. The van der Waals surface area contributed by atoms with Crippen molar-refractivity contribution >= 4 is 34.5 Å². The fraction of sp³-hybridized carbons (Fsp3) is 0.300. The van der Waals surface area contributed by atoms with Crippen LogP contribution >= 0.6 is 22.9 Å². The second-order valence-electron chi connectivity index (χ2n) is 6.56. The Morgan fingerprint density at radius 3 is 3.00 bits per heavy atom. The van der Waals surface area contributed by atoms with E-state index in [9.17, 15) is 4.79 Å². The molecule has 1 amide bonds. The van der Waals surface area contributed by atoms with Gasteiger partial charge in [0, 0.05) is 17.3 Å². The van der Waals surface area contributed by atoms with Gasteiger partial charge in [-0.2, -0.15) is 0 Å². The van der Waals surface area contributed by atoms with Crippen molar-refractivity contribution in [2.75, 3.05) is 11.4 Å². The summed E-state index contributed by atoms with van der Waals surface area (Å²) in [6.45, 7) is 4.59. The molecular weight excluding hydrogens is 368 g/mol. The molecule has 1 aliphatic rings. The Bertz CT molecular complexity index is 963. The molecular formula is C20H19ClN2O2S. The van der Waals surface area contributed by atoms with Crippen molar-refractivity contribution in [1.82, 2.24) is 4.98 Å². The molecule has 4 rings (SSSR count). The number of hydrogen-bond donors (Lipinski definition) is 0. The smallest absolute Gasteiger partial charge is 0.236 e. The lowest BCUT2D eigenvalue weighted by molar-refractivity contribution is -0.118. The lowest BCUT2D eigenvalue weighted by Gasteiger charge is -2.31. The number of aromatic nitrogens is 1. The molecule has 3 heterocycles. The standard InChI is InChI=1S/C20H19ClN2O2S/c1-12-9-15(21)10-14-5-3-7-23(19(12)14)18(24)11-16-13(2)25-20(22-16)17-6-4-8-26-17/h4,6,8-10H,3,5,7,11H2,1-2H3. The first-order valence-corrected chi connectivity index (χ1v) is 9.88. The van der Waals surface area contributed by atoms with Gasteiger partial charge in [-0.25, -0.2) is 4.98 Å². The Morgan fingerprint density at radius 2 is 2.23 bits per heavy atom. The highest BCUT2D eigenvalue weighted by molar-refractivity contribution is 7.13. The van der Waals surface area contributed by atoms with E-state index in [4.69, 9.17) is 16.0 Å². The maximum absolute atomic E-state index is 13.0. The summed E-state index contributed by atoms with van der Waals surface area (Å²) in [4.78, 5) is 20.4. The van der Waals surface area contributed by atoms with Crippen LogP contribution in [0, 0.1) is 13.8 Å². The van der Waals surface area contributed by atoms with E-state index >= 15 is 0 Å². The van der Waals surface area contributed by atoms with Gasteiger partial charge in [0.2, 0.25) is 11.8 Å². The number of thiophene rings is 1. The highest BCUT2D eigenvalue weighted by Crippen LogP contribution is 2.34. The van der Waals surface area contributed by atoms with Crippen molar-refractivity contribution in [3.05, 3.63) is 57.2 Å². The molecule has 0 aliphatic carbocycles. The molecule has 0 bridgehead atoms. The number of amides is 1. The first kappa shape index (κ1) is 17.3. The Labute approximate surface area is 161 Å². The van der Waals surface area contributed by atoms with Crippen molar-refractivity contribution in [2.24, 2.45) is 0 Å². The van der Waals surface area contributed by atoms with Crippen LogP contribution in [0.2, 0.25) is 5.02 Å². The maximum Gasteiger partial charge on any atom is 0.236 e. The van der Waals surface area contributed by atoms with E-state index in [0.717, 1.165) is 46.1 Å². The number of nitrogens with zero attached hydrogens (tertiary/aromatic N) is 2. The van der Waals surface area contributed by atoms with Crippen LogP contribution in [0.15, 0.2) is 34.1 Å². The van der Waals surface area contributed by atoms with Crippen LogP contribution in [0.1, 0.15) is 29.0 Å². The zero-order valence-electron chi connectivity index (χ0n) is 14.7. The molecule has 26 heavy (non-hydrogen) atoms. The van der Waals surface area contributed by atoms with Gasteiger partial charge in [-0.3, -0.25) is 4.79 Å². The number of aryl methyl sites for hydroxylation is 3. The van der Waals surface area contributed by atoms with Gasteiger partial charge in [0.15, 0.2) is 0 Å². The lowest BCUT2D eigenvalue weighted by Crippen LogP contribution is -2.37. The first-order chi connectivity index (χ1) is 12.5. The van der Waals surface area contributed by atoms with Crippen LogP contribution in [-0.2, 0) is 17.6 Å². The number of fused-ring (bicyclic) bond motifs is 1. The zero-order valence-corrected chi connectivity index (χ0v) is 16.3. The molecule has 3 aromatic rings. The summed E-state index contributed by atoms with van der Waals surface area (Å²) < 4.78 is 5.77. The van der Waals surface area contributed by atoms with E-state index in [-0.39, 0.29) is 12.3 Å². The zero-order chi connectivity index (χ0) is 18.3. The summed E-state index contributed by atoms with van der Waals surface area (Å²) in [7, 11) is 0. The molecule has 0 radical (unpaired) electrons. The van der Waals surface area contributed by atoms with E-state index < -0.39 is 0 Å². The van der Waals surface area contributed by atoms with Gasteiger partial charge in [-0.1, -0.05) is 17.7 Å². The van der Waals surface area contributed by atoms with Crippen molar-refractivity contribution in [3.63, 3.8) is 0 Å². The molecule has 1 aliphatic heterocycles. The van der Waals surface area contributed by atoms with Crippen LogP contribution in [0.25, 0.3) is 10.8 Å². The number of hydrogen-bond acceptors (Lipinski definition) is 4. The Hall–Kier alpha value is -2.11. The number of rotatable bonds is 3. The third kappa shape index (κ3) is 3.17. The van der Waals surface area contributed by atoms with Crippen molar-refractivity contribution in [1.29, 1.82) is 0 Å². The Kier molecular flexibility index (Phi) is 4.59. The van der Waals surface area contributed by atoms with Crippen molar-refractivity contribution in [2.45, 2.75) is 33.1 Å². The molecule has 2 aromatic heterocycles. The van der Waals surface area contributed by atoms with Crippen molar-refractivity contribution in [3.8, 4) is 10.8 Å². The first-order valence-electron chi connectivity index (χ1n) is 8.62. The van der Waals surface area contributed by atoms with Gasteiger partial charge in [-0.15, -0.1) is 11.3 Å². The van der Waals surface area contributed by atoms with Gasteiger partial charge < -0.3 is 9.32 Å². The summed E-state index contributed by atoms with van der Waals surface area (Å²) in [6, 6.07) is 7.82. The number of oxazole rings is 1. The predicted molar refractivity (Wildman–Crippen MR) is 105 cm³/mol. The number of carbonyl (C=O) groups is 1. The Morgan fingerprint density at radius 1 is 1.38 bits per heavy atom. The molecule has 0 saturated heterocycles. The molecule has 134 valence electrons. The average molecular weight is 387 g/mol. The largest absolute Gasteiger partial charge is 0.440 e. The van der Waals surface area contributed by atoms with Crippen LogP contribution in [0.3, 0.4) is 0 Å². The Balaban J connectivity index is 1.61. The summed E-state index contributed by atoms with van der Waals surface area (Å²) in [5.74, 6) is 1.33. The fourth-order valence-electron chi connectivity index (χ4n) is 3.51. The lowest BCUT2D eigenvalue weighted by atomic mass is 9.97.